The number of rotatable bonds is 5. The van der Waals surface area contributed by atoms with Gasteiger partial charge in [-0.3, -0.25) is 4.90 Å². The average molecular weight is 371 g/mol. The maximum Gasteiger partial charge on any atom is 0.163 e. The maximum atomic E-state index is 13.3. The van der Waals surface area contributed by atoms with Crippen molar-refractivity contribution in [3.63, 3.8) is 0 Å². The summed E-state index contributed by atoms with van der Waals surface area (Å²) in [6.07, 6.45) is 3.48. The fourth-order valence-corrected chi connectivity index (χ4v) is 3.47. The van der Waals surface area contributed by atoms with Crippen molar-refractivity contribution in [1.82, 2.24) is 14.3 Å². The van der Waals surface area contributed by atoms with Crippen molar-refractivity contribution in [2.75, 3.05) is 20.2 Å². The van der Waals surface area contributed by atoms with Gasteiger partial charge in [-0.05, 0) is 30.7 Å². The number of nitrogens with zero attached hydrogens (tertiary/aromatic N) is 3. The molecule has 6 nitrogen and oxygen atoms in total. The average Bonchev–Trinajstić information content (AvgIpc) is 3.08. The summed E-state index contributed by atoms with van der Waals surface area (Å²) in [6.45, 7) is 1.91. The summed E-state index contributed by atoms with van der Waals surface area (Å²) >= 11 is 0. The van der Waals surface area contributed by atoms with Crippen LogP contribution in [0.2, 0.25) is 0 Å². The van der Waals surface area contributed by atoms with Crippen molar-refractivity contribution < 1.29 is 19.0 Å². The van der Waals surface area contributed by atoms with Crippen LogP contribution in [0, 0.1) is 5.82 Å². The lowest BCUT2D eigenvalue weighted by molar-refractivity contribution is -0.0289. The van der Waals surface area contributed by atoms with E-state index in [-0.39, 0.29) is 11.9 Å². The number of aliphatic hydroxyl groups excluding tert-OH is 1. The second kappa shape index (κ2) is 7.54. The molecule has 0 spiro atoms. The fraction of sp³-hybridized carbons (Fsp3) is 0.350. The molecule has 3 aromatic rings. The first-order valence-corrected chi connectivity index (χ1v) is 8.95. The van der Waals surface area contributed by atoms with E-state index in [1.54, 1.807) is 0 Å². The molecule has 0 bridgehead atoms. The first-order valence-electron chi connectivity index (χ1n) is 8.95. The van der Waals surface area contributed by atoms with Crippen LogP contribution in [0.1, 0.15) is 12.2 Å². The molecule has 1 fully saturated rings. The van der Waals surface area contributed by atoms with Crippen LogP contribution in [0.4, 0.5) is 4.39 Å². The molecule has 2 atom stereocenters. The molecule has 142 valence electrons. The summed E-state index contributed by atoms with van der Waals surface area (Å²) in [7, 11) is 1.47. The quantitative estimate of drug-likeness (QED) is 0.747. The zero-order valence-corrected chi connectivity index (χ0v) is 15.1. The zero-order chi connectivity index (χ0) is 18.8. The second-order valence-corrected chi connectivity index (χ2v) is 6.71. The molecule has 7 heteroatoms. The molecule has 0 unspecified atom stereocenters. The van der Waals surface area contributed by atoms with Crippen LogP contribution in [-0.2, 0) is 6.54 Å². The summed E-state index contributed by atoms with van der Waals surface area (Å²) in [5.41, 5.74) is 1.05. The van der Waals surface area contributed by atoms with Crippen molar-refractivity contribution in [3.05, 3.63) is 60.4 Å². The molecule has 0 amide bonds. The van der Waals surface area contributed by atoms with Gasteiger partial charge >= 0.3 is 0 Å². The van der Waals surface area contributed by atoms with Crippen LogP contribution in [0.25, 0.3) is 5.52 Å². The van der Waals surface area contributed by atoms with E-state index in [1.807, 2.05) is 30.6 Å². The van der Waals surface area contributed by atoms with Gasteiger partial charge in [0, 0.05) is 25.4 Å². The van der Waals surface area contributed by atoms with Crippen molar-refractivity contribution in [2.45, 2.75) is 25.2 Å². The predicted molar refractivity (Wildman–Crippen MR) is 98.5 cm³/mol. The minimum atomic E-state index is -0.653. The molecule has 1 aromatic carbocycles. The van der Waals surface area contributed by atoms with Crippen LogP contribution < -0.4 is 9.47 Å². The molecule has 1 saturated heterocycles. The molecule has 0 aliphatic carbocycles. The van der Waals surface area contributed by atoms with E-state index < -0.39 is 6.10 Å². The van der Waals surface area contributed by atoms with Crippen LogP contribution in [0.5, 0.6) is 11.5 Å². The Morgan fingerprint density at radius 2 is 2.15 bits per heavy atom. The smallest absolute Gasteiger partial charge is 0.163 e. The van der Waals surface area contributed by atoms with Crippen LogP contribution in [-0.4, -0.2) is 51.8 Å². The number of piperidine rings is 1. The molecule has 3 heterocycles. The summed E-state index contributed by atoms with van der Waals surface area (Å²) < 4.78 is 26.5. The number of pyridine rings is 1. The molecule has 1 aliphatic heterocycles. The Labute approximate surface area is 156 Å². The predicted octanol–water partition coefficient (Wildman–Crippen LogP) is 2.50. The van der Waals surface area contributed by atoms with E-state index >= 15 is 0 Å². The summed E-state index contributed by atoms with van der Waals surface area (Å²) in [5.74, 6) is 1.32. The minimum Gasteiger partial charge on any atom is -0.493 e. The van der Waals surface area contributed by atoms with Gasteiger partial charge in [-0.1, -0.05) is 6.07 Å². The SMILES string of the molecule is COc1cc(F)ccc1O[C@@H]1CCN(Cc2ncc3ccccn23)C[C@H]1O. The molecule has 2 aromatic heterocycles. The number of hydrogen-bond donors (Lipinski definition) is 1. The highest BCUT2D eigenvalue weighted by molar-refractivity contribution is 5.45. The van der Waals surface area contributed by atoms with Gasteiger partial charge in [0.1, 0.15) is 23.8 Å². The third kappa shape index (κ3) is 3.74. The van der Waals surface area contributed by atoms with E-state index in [4.69, 9.17) is 9.47 Å². The van der Waals surface area contributed by atoms with E-state index in [1.165, 1.54) is 25.3 Å². The van der Waals surface area contributed by atoms with E-state index in [9.17, 15) is 9.50 Å². The number of halogens is 1. The van der Waals surface area contributed by atoms with Gasteiger partial charge in [0.25, 0.3) is 0 Å². The van der Waals surface area contributed by atoms with Crippen LogP contribution in [0.15, 0.2) is 48.8 Å². The number of hydrogen-bond acceptors (Lipinski definition) is 5. The third-order valence-corrected chi connectivity index (χ3v) is 4.89. The van der Waals surface area contributed by atoms with Gasteiger partial charge in [0.05, 0.1) is 25.4 Å². The van der Waals surface area contributed by atoms with Crippen LogP contribution in [0.3, 0.4) is 0 Å². The highest BCUT2D eigenvalue weighted by Gasteiger charge is 2.30. The van der Waals surface area contributed by atoms with Crippen molar-refractivity contribution in [1.29, 1.82) is 0 Å². The maximum absolute atomic E-state index is 13.3. The van der Waals surface area contributed by atoms with Gasteiger partial charge in [0.2, 0.25) is 0 Å². The first-order chi connectivity index (χ1) is 13.1. The molecule has 27 heavy (non-hydrogen) atoms. The number of β-amino-alcohol motifs (C(OH)–C–C–N with tert-alkyl or cyclic N) is 1. The number of aliphatic hydroxyl groups is 1. The highest BCUT2D eigenvalue weighted by atomic mass is 19.1. The first kappa shape index (κ1) is 17.8. The molecular weight excluding hydrogens is 349 g/mol. The Bertz CT molecular complexity index is 930. The Morgan fingerprint density at radius 3 is 2.96 bits per heavy atom. The Kier molecular flexibility index (Phi) is 4.96. The zero-order valence-electron chi connectivity index (χ0n) is 15.1. The second-order valence-electron chi connectivity index (χ2n) is 6.71. The number of fused-ring (bicyclic) bond motifs is 1. The lowest BCUT2D eigenvalue weighted by Gasteiger charge is -2.35. The van der Waals surface area contributed by atoms with Gasteiger partial charge in [-0.2, -0.15) is 0 Å². The van der Waals surface area contributed by atoms with E-state index in [0.29, 0.717) is 31.0 Å². The largest absolute Gasteiger partial charge is 0.493 e. The highest BCUT2D eigenvalue weighted by Crippen LogP contribution is 2.30. The molecule has 0 saturated carbocycles. The summed E-state index contributed by atoms with van der Waals surface area (Å²) in [6, 6.07) is 10.1. The lowest BCUT2D eigenvalue weighted by atomic mass is 10.0. The Balaban J connectivity index is 1.41. The van der Waals surface area contributed by atoms with Gasteiger partial charge in [0.15, 0.2) is 11.5 Å². The molecule has 1 N–H and O–H groups in total. The van der Waals surface area contributed by atoms with Crippen LogP contribution >= 0.6 is 0 Å². The Hall–Kier alpha value is -2.64. The Morgan fingerprint density at radius 1 is 1.26 bits per heavy atom. The molecule has 4 rings (SSSR count). The third-order valence-electron chi connectivity index (χ3n) is 4.89. The topological polar surface area (TPSA) is 59.2 Å². The van der Waals surface area contributed by atoms with Crippen molar-refractivity contribution in [2.24, 2.45) is 0 Å². The number of likely N-dealkylation sites (tertiary alicyclic amines) is 1. The summed E-state index contributed by atoms with van der Waals surface area (Å²) in [5, 5.41) is 10.6. The molecule has 0 radical (unpaired) electrons. The molecule has 1 aliphatic rings. The van der Waals surface area contributed by atoms with E-state index in [0.717, 1.165) is 17.9 Å². The summed E-state index contributed by atoms with van der Waals surface area (Å²) in [4.78, 5) is 6.65. The number of benzene rings is 1. The minimum absolute atomic E-state index is 0.327. The van der Waals surface area contributed by atoms with Gasteiger partial charge in [-0.25, -0.2) is 9.37 Å². The number of aromatic nitrogens is 2. The van der Waals surface area contributed by atoms with Crippen molar-refractivity contribution >= 4 is 5.52 Å². The number of imidazole rings is 1. The molecular formula is C20H22FN3O3. The monoisotopic (exact) mass is 371 g/mol. The normalized spacial score (nSPS) is 20.7. The number of methoxy groups -OCH3 is 1. The number of ether oxygens (including phenoxy) is 2. The van der Waals surface area contributed by atoms with Gasteiger partial charge in [-0.15, -0.1) is 0 Å². The lowest BCUT2D eigenvalue weighted by Crippen LogP contribution is -2.48. The van der Waals surface area contributed by atoms with E-state index in [2.05, 4.69) is 14.3 Å². The fourth-order valence-electron chi connectivity index (χ4n) is 3.47. The standard InChI is InChI=1S/C20H22FN3O3/c1-26-19-10-14(21)5-6-18(19)27-17-7-9-23(12-16(17)25)13-20-22-11-15-4-2-3-8-24(15)20/h2-6,8,10-11,16-17,25H,7,9,12-13H2,1H3/t16-,17-/m1/s1. The van der Waals surface area contributed by atoms with Gasteiger partial charge < -0.3 is 19.0 Å². The van der Waals surface area contributed by atoms with Crippen molar-refractivity contribution in [3.8, 4) is 11.5 Å².